The lowest BCUT2D eigenvalue weighted by Gasteiger charge is -2.31. The smallest absolute Gasteiger partial charge is 0.136 e. The zero-order valence-electron chi connectivity index (χ0n) is 20.6. The molecule has 0 spiro atoms. The van der Waals surface area contributed by atoms with Crippen LogP contribution in [0.5, 0.6) is 0 Å². The van der Waals surface area contributed by atoms with Crippen molar-refractivity contribution < 1.29 is 0 Å². The molecule has 0 radical (unpaired) electrons. The van der Waals surface area contributed by atoms with E-state index >= 15 is 0 Å². The largest absolute Gasteiger partial charge is 0.385 e. The number of fused-ring (bicyclic) bond motifs is 1. The Balaban J connectivity index is 1.49. The number of imidazole rings is 1. The lowest BCUT2D eigenvalue weighted by Crippen LogP contribution is -2.38. The molecule has 1 aliphatic rings. The van der Waals surface area contributed by atoms with Gasteiger partial charge in [0.1, 0.15) is 5.65 Å². The molecule has 1 aliphatic carbocycles. The molecule has 2 heterocycles. The number of aromatic nitrogens is 2. The van der Waals surface area contributed by atoms with Gasteiger partial charge < -0.3 is 15.5 Å². The van der Waals surface area contributed by atoms with E-state index in [9.17, 15) is 0 Å². The minimum Gasteiger partial charge on any atom is -0.385 e. The normalized spacial score (nSPS) is 21.5. The molecule has 3 aromatic rings. The molecule has 3 N–H and O–H groups in total. The Labute approximate surface area is 204 Å². The summed E-state index contributed by atoms with van der Waals surface area (Å²) in [6.07, 6.45) is 15.0. The molecule has 0 bridgehead atoms. The fourth-order valence-corrected chi connectivity index (χ4v) is 5.09. The quantitative estimate of drug-likeness (QED) is 0.432. The maximum Gasteiger partial charge on any atom is 0.136 e. The van der Waals surface area contributed by atoms with E-state index in [0.717, 1.165) is 42.8 Å². The topological polar surface area (TPSA) is 55.3 Å². The minimum absolute atomic E-state index is 0.0966. The van der Waals surface area contributed by atoms with Crippen LogP contribution in [0.3, 0.4) is 0 Å². The van der Waals surface area contributed by atoms with Crippen LogP contribution in [0.25, 0.3) is 5.65 Å². The standard InChI is InChI=1S/C30H40N4/c1-30(31)20-11-6-2-3-8-14-26(23-30)25-13-7-4-5-9-15-27(18-17-25)32-21-19-28-24-34-22-12-10-16-29(34)33-28/h4-5,7,9-10,12-13,15-18,22,24,26,32H,2-3,6,8,11,14,19-21,23,31H2,1H3. The van der Waals surface area contributed by atoms with Crippen LogP contribution in [0.15, 0.2) is 79.1 Å². The van der Waals surface area contributed by atoms with E-state index in [1.165, 1.54) is 44.1 Å². The molecule has 180 valence electrons. The molecule has 2 unspecified atom stereocenters. The number of rotatable bonds is 5. The van der Waals surface area contributed by atoms with Crippen molar-refractivity contribution in [3.8, 4) is 0 Å². The lowest BCUT2D eigenvalue weighted by molar-refractivity contribution is 0.328. The summed E-state index contributed by atoms with van der Waals surface area (Å²) < 4.78 is 2.08. The first-order valence-corrected chi connectivity index (χ1v) is 13.0. The summed E-state index contributed by atoms with van der Waals surface area (Å²) in [5.41, 5.74) is 11.3. The molecule has 0 aliphatic heterocycles. The van der Waals surface area contributed by atoms with Crippen LogP contribution in [-0.2, 0) is 6.42 Å². The van der Waals surface area contributed by atoms with Crippen molar-refractivity contribution in [1.29, 1.82) is 0 Å². The summed E-state index contributed by atoms with van der Waals surface area (Å²) in [6.45, 7) is 3.09. The summed E-state index contributed by atoms with van der Waals surface area (Å²) in [5.74, 6) is 0.497. The summed E-state index contributed by atoms with van der Waals surface area (Å²) in [5, 5.41) is 3.61. The van der Waals surface area contributed by atoms with Gasteiger partial charge in [-0.25, -0.2) is 4.98 Å². The zero-order chi connectivity index (χ0) is 23.6. The zero-order valence-corrected chi connectivity index (χ0v) is 20.6. The Hall–Kier alpha value is -2.85. The number of pyridine rings is 1. The highest BCUT2D eigenvalue weighted by Gasteiger charge is 2.25. The second kappa shape index (κ2) is 12.0. The van der Waals surface area contributed by atoms with Crippen LogP contribution in [0.2, 0.25) is 0 Å². The Morgan fingerprint density at radius 1 is 0.941 bits per heavy atom. The molecule has 0 saturated heterocycles. The van der Waals surface area contributed by atoms with Crippen LogP contribution in [0, 0.1) is 0 Å². The summed E-state index contributed by atoms with van der Waals surface area (Å²) in [4.78, 5) is 4.72. The molecule has 2 aromatic heterocycles. The van der Waals surface area contributed by atoms with Gasteiger partial charge in [-0.2, -0.15) is 0 Å². The number of hydrogen-bond acceptors (Lipinski definition) is 3. The molecule has 4 heteroatoms. The van der Waals surface area contributed by atoms with E-state index in [2.05, 4.69) is 71.4 Å². The van der Waals surface area contributed by atoms with Gasteiger partial charge in [-0.15, -0.1) is 0 Å². The van der Waals surface area contributed by atoms with Crippen LogP contribution in [0.4, 0.5) is 5.69 Å². The fourth-order valence-electron chi connectivity index (χ4n) is 5.09. The Morgan fingerprint density at radius 2 is 1.74 bits per heavy atom. The van der Waals surface area contributed by atoms with Crippen LogP contribution >= 0.6 is 0 Å². The molecule has 1 saturated carbocycles. The van der Waals surface area contributed by atoms with E-state index in [1.807, 2.05) is 24.4 Å². The van der Waals surface area contributed by atoms with E-state index in [4.69, 9.17) is 10.7 Å². The first kappa shape index (κ1) is 24.3. The minimum atomic E-state index is -0.0966. The van der Waals surface area contributed by atoms with Gasteiger partial charge in [0.15, 0.2) is 0 Å². The van der Waals surface area contributed by atoms with Gasteiger partial charge in [-0.1, -0.05) is 74.6 Å². The third-order valence-electron chi connectivity index (χ3n) is 6.96. The number of anilines is 1. The van der Waals surface area contributed by atoms with Crippen molar-refractivity contribution >= 4 is 11.3 Å². The monoisotopic (exact) mass is 456 g/mol. The van der Waals surface area contributed by atoms with Gasteiger partial charge in [0.05, 0.1) is 5.69 Å². The van der Waals surface area contributed by atoms with E-state index in [0.29, 0.717) is 5.92 Å². The Morgan fingerprint density at radius 3 is 2.62 bits per heavy atom. The molecular weight excluding hydrogens is 416 g/mol. The number of nitrogens with zero attached hydrogens (tertiary/aromatic N) is 2. The van der Waals surface area contributed by atoms with Crippen molar-refractivity contribution in [3.05, 3.63) is 90.4 Å². The predicted molar refractivity (Wildman–Crippen MR) is 144 cm³/mol. The molecule has 34 heavy (non-hydrogen) atoms. The average molecular weight is 457 g/mol. The highest BCUT2D eigenvalue weighted by Crippen LogP contribution is 2.33. The summed E-state index contributed by atoms with van der Waals surface area (Å²) in [6, 6.07) is 23.5. The van der Waals surface area contributed by atoms with Gasteiger partial charge >= 0.3 is 0 Å². The molecule has 2 atom stereocenters. The van der Waals surface area contributed by atoms with Gasteiger partial charge in [0.2, 0.25) is 0 Å². The van der Waals surface area contributed by atoms with Crippen LogP contribution in [-0.4, -0.2) is 21.5 Å². The average Bonchev–Trinajstić information content (AvgIpc) is 3.24. The van der Waals surface area contributed by atoms with Crippen molar-refractivity contribution in [1.82, 2.24) is 9.38 Å². The first-order chi connectivity index (χ1) is 16.6. The van der Waals surface area contributed by atoms with Gasteiger partial charge in [-0.3, -0.25) is 0 Å². The van der Waals surface area contributed by atoms with Gasteiger partial charge in [0, 0.05) is 36.6 Å². The van der Waals surface area contributed by atoms with Crippen LogP contribution < -0.4 is 11.1 Å². The second-order valence-electron chi connectivity index (χ2n) is 10.1. The van der Waals surface area contributed by atoms with Gasteiger partial charge in [0.25, 0.3) is 0 Å². The molecule has 0 amide bonds. The molecule has 4 nitrogen and oxygen atoms in total. The highest BCUT2D eigenvalue weighted by molar-refractivity contribution is 5.43. The van der Waals surface area contributed by atoms with Crippen molar-refractivity contribution in [2.75, 3.05) is 11.9 Å². The number of hydrogen-bond donors (Lipinski definition) is 2. The maximum atomic E-state index is 6.75. The van der Waals surface area contributed by atoms with Crippen LogP contribution in [0.1, 0.15) is 75.5 Å². The van der Waals surface area contributed by atoms with E-state index in [-0.39, 0.29) is 5.54 Å². The molecule has 1 aromatic carbocycles. The third-order valence-corrected chi connectivity index (χ3v) is 6.96. The highest BCUT2D eigenvalue weighted by atomic mass is 15.0. The number of nitrogens with one attached hydrogen (secondary N) is 1. The van der Waals surface area contributed by atoms with E-state index < -0.39 is 0 Å². The van der Waals surface area contributed by atoms with Crippen molar-refractivity contribution in [2.24, 2.45) is 5.73 Å². The lowest BCUT2D eigenvalue weighted by atomic mass is 9.79. The Kier molecular flexibility index (Phi) is 8.59. The molecular formula is C30H40N4. The SMILES string of the molecule is CC1(N)CCCCCCCC(c2ccccccc(NCCc3cn4ccccc4n3)cc2)C1. The van der Waals surface area contributed by atoms with Crippen molar-refractivity contribution in [3.63, 3.8) is 0 Å². The van der Waals surface area contributed by atoms with Crippen molar-refractivity contribution in [2.45, 2.75) is 76.2 Å². The second-order valence-corrected chi connectivity index (χ2v) is 10.1. The number of nitrogens with two attached hydrogens (primary N) is 1. The maximum absolute atomic E-state index is 6.75. The first-order valence-electron chi connectivity index (χ1n) is 13.0. The van der Waals surface area contributed by atoms with E-state index in [1.54, 1.807) is 0 Å². The summed E-state index contributed by atoms with van der Waals surface area (Å²) in [7, 11) is 0. The summed E-state index contributed by atoms with van der Waals surface area (Å²) >= 11 is 0. The molecule has 4 rings (SSSR count). The molecule has 1 fully saturated rings. The Bertz CT molecular complexity index is 1070. The van der Waals surface area contributed by atoms with Gasteiger partial charge in [-0.05, 0) is 61.9 Å². The fraction of sp³-hybridized carbons (Fsp3) is 0.433. The predicted octanol–water partition coefficient (Wildman–Crippen LogP) is 7.05. The third kappa shape index (κ3) is 7.33.